The average molecular weight is 462 g/mol. The third-order valence-corrected chi connectivity index (χ3v) is 4.85. The number of fused-ring (bicyclic) bond motifs is 1. The SMILES string of the molecule is CC(C)Sc1nc(Cl)c(OS(=O)(=O)O)c2c(OS(=O)(=O)O)nc(C(C)C)n12. The summed E-state index contributed by atoms with van der Waals surface area (Å²) in [5.74, 6) is -1.46. The van der Waals surface area contributed by atoms with Crippen LogP contribution in [-0.4, -0.2) is 45.6 Å². The smallest absolute Gasteiger partial charge is 0.356 e. The number of imidazole rings is 1. The van der Waals surface area contributed by atoms with Crippen molar-refractivity contribution >= 4 is 49.7 Å². The molecule has 0 fully saturated rings. The third-order valence-electron chi connectivity index (χ3n) is 2.89. The second-order valence-corrected chi connectivity index (χ2v) is 9.76. The van der Waals surface area contributed by atoms with E-state index in [0.717, 1.165) is 0 Å². The van der Waals surface area contributed by atoms with Gasteiger partial charge in [-0.3, -0.25) is 13.5 Å². The highest BCUT2D eigenvalue weighted by atomic mass is 35.5. The molecule has 0 amide bonds. The van der Waals surface area contributed by atoms with Crippen LogP contribution in [0.5, 0.6) is 11.6 Å². The van der Waals surface area contributed by atoms with E-state index in [1.165, 1.54) is 16.2 Å². The second kappa shape index (κ2) is 7.60. The van der Waals surface area contributed by atoms with Crippen molar-refractivity contribution in [3.05, 3.63) is 11.0 Å². The second-order valence-electron chi connectivity index (χ2n) is 5.82. The van der Waals surface area contributed by atoms with Crippen molar-refractivity contribution < 1.29 is 34.3 Å². The summed E-state index contributed by atoms with van der Waals surface area (Å²) in [7, 11) is -10.0. The van der Waals surface area contributed by atoms with Gasteiger partial charge in [0.25, 0.3) is 5.88 Å². The molecular weight excluding hydrogens is 446 g/mol. The summed E-state index contributed by atoms with van der Waals surface area (Å²) in [4.78, 5) is 8.07. The van der Waals surface area contributed by atoms with Gasteiger partial charge in [-0.15, -0.1) is 0 Å². The first-order valence-electron chi connectivity index (χ1n) is 7.32. The zero-order valence-electron chi connectivity index (χ0n) is 14.4. The van der Waals surface area contributed by atoms with Gasteiger partial charge in [0.15, 0.2) is 15.8 Å². The van der Waals surface area contributed by atoms with Gasteiger partial charge in [0, 0.05) is 11.2 Å². The molecule has 0 radical (unpaired) electrons. The number of rotatable bonds is 7. The Labute approximate surface area is 165 Å². The van der Waals surface area contributed by atoms with Crippen molar-refractivity contribution in [2.45, 2.75) is 44.0 Å². The fourth-order valence-corrected chi connectivity index (χ4v) is 3.95. The molecule has 27 heavy (non-hydrogen) atoms. The highest BCUT2D eigenvalue weighted by Crippen LogP contribution is 2.41. The number of halogens is 1. The molecule has 0 unspecified atom stereocenters. The third kappa shape index (κ3) is 5.36. The van der Waals surface area contributed by atoms with Crippen LogP contribution < -0.4 is 8.37 Å². The molecule has 0 saturated heterocycles. The van der Waals surface area contributed by atoms with E-state index in [2.05, 4.69) is 18.3 Å². The van der Waals surface area contributed by atoms with E-state index < -0.39 is 37.6 Å². The lowest BCUT2D eigenvalue weighted by molar-refractivity contribution is 0.381. The zero-order chi connectivity index (χ0) is 20.7. The van der Waals surface area contributed by atoms with Gasteiger partial charge in [0.1, 0.15) is 5.82 Å². The lowest BCUT2D eigenvalue weighted by atomic mass is 10.2. The summed E-state index contributed by atoms with van der Waals surface area (Å²) >= 11 is 7.22. The maximum atomic E-state index is 11.2. The largest absolute Gasteiger partial charge is 0.448 e. The Morgan fingerprint density at radius 2 is 1.59 bits per heavy atom. The molecule has 0 bridgehead atoms. The molecule has 2 N–H and O–H groups in total. The first-order chi connectivity index (χ1) is 12.2. The van der Waals surface area contributed by atoms with Crippen LogP contribution in [-0.2, 0) is 20.8 Å². The molecule has 2 heterocycles. The minimum Gasteiger partial charge on any atom is -0.356 e. The van der Waals surface area contributed by atoms with Crippen LogP contribution in [0.4, 0.5) is 0 Å². The summed E-state index contributed by atoms with van der Waals surface area (Å²) in [5.41, 5.74) is -0.336. The topological polar surface area (TPSA) is 157 Å². The fourth-order valence-electron chi connectivity index (χ4n) is 2.11. The molecule has 0 aliphatic carbocycles. The van der Waals surface area contributed by atoms with E-state index in [1.54, 1.807) is 13.8 Å². The quantitative estimate of drug-likeness (QED) is 0.270. The lowest BCUT2D eigenvalue weighted by Gasteiger charge is -2.14. The van der Waals surface area contributed by atoms with Crippen LogP contribution >= 0.6 is 23.4 Å². The average Bonchev–Trinajstić information content (AvgIpc) is 2.79. The molecular formula is C12H16ClN3O8S3. The monoisotopic (exact) mass is 461 g/mol. The van der Waals surface area contributed by atoms with Gasteiger partial charge in [0.2, 0.25) is 5.75 Å². The molecule has 0 aromatic carbocycles. The van der Waals surface area contributed by atoms with E-state index in [4.69, 9.17) is 20.7 Å². The van der Waals surface area contributed by atoms with Crippen LogP contribution in [0.25, 0.3) is 5.52 Å². The van der Waals surface area contributed by atoms with Crippen molar-refractivity contribution in [3.8, 4) is 11.6 Å². The van der Waals surface area contributed by atoms with Crippen molar-refractivity contribution in [3.63, 3.8) is 0 Å². The zero-order valence-corrected chi connectivity index (χ0v) is 17.6. The molecule has 0 aliphatic heterocycles. The highest BCUT2D eigenvalue weighted by molar-refractivity contribution is 7.99. The molecule has 2 aromatic heterocycles. The number of hydrogen-bond donors (Lipinski definition) is 2. The van der Waals surface area contributed by atoms with Crippen LogP contribution in [0.15, 0.2) is 5.16 Å². The lowest BCUT2D eigenvalue weighted by Crippen LogP contribution is -2.12. The summed E-state index contributed by atoms with van der Waals surface area (Å²) in [6, 6.07) is 0. The maximum absolute atomic E-state index is 11.2. The number of hydrogen-bond acceptors (Lipinski definition) is 9. The van der Waals surface area contributed by atoms with Gasteiger partial charge in [-0.2, -0.15) is 21.8 Å². The van der Waals surface area contributed by atoms with Gasteiger partial charge < -0.3 is 8.37 Å². The normalized spacial score (nSPS) is 12.9. The Bertz CT molecular complexity index is 1080. The van der Waals surface area contributed by atoms with Crippen molar-refractivity contribution in [2.75, 3.05) is 0 Å². The van der Waals surface area contributed by atoms with Crippen LogP contribution in [0.1, 0.15) is 39.4 Å². The Kier molecular flexibility index (Phi) is 6.18. The van der Waals surface area contributed by atoms with Gasteiger partial charge in [-0.1, -0.05) is 51.1 Å². The van der Waals surface area contributed by atoms with Gasteiger partial charge >= 0.3 is 20.8 Å². The fraction of sp³-hybridized carbons (Fsp3) is 0.500. The molecule has 11 nitrogen and oxygen atoms in total. The van der Waals surface area contributed by atoms with Crippen molar-refractivity contribution in [2.24, 2.45) is 0 Å². The summed E-state index contributed by atoms with van der Waals surface area (Å²) in [6.45, 7) is 7.17. The highest BCUT2D eigenvalue weighted by Gasteiger charge is 2.29. The Balaban J connectivity index is 2.99. The molecule has 152 valence electrons. The first-order valence-corrected chi connectivity index (χ1v) is 11.3. The summed E-state index contributed by atoms with van der Waals surface area (Å²) in [5, 5.41) is -0.230. The van der Waals surface area contributed by atoms with Gasteiger partial charge in [-0.25, -0.2) is 4.98 Å². The molecule has 0 atom stereocenters. The van der Waals surface area contributed by atoms with Gasteiger partial charge in [0.05, 0.1) is 0 Å². The predicted octanol–water partition coefficient (Wildman–Crippen LogP) is 2.37. The standard InChI is InChI=1S/C12H16ClN3O8S3/c1-5(2)10-15-11(24-27(20,21)22)7-8(23-26(17,18)19)9(13)14-12(16(7)10)25-6(3)4/h5-6H,1-4H3,(H,17,18,19)(H,20,21,22). The molecule has 2 rings (SSSR count). The van der Waals surface area contributed by atoms with E-state index >= 15 is 0 Å². The number of thioether (sulfide) groups is 1. The minimum absolute atomic E-state index is 0.0125. The Hall–Kier alpha value is -1.32. The molecule has 2 aromatic rings. The molecule has 0 spiro atoms. The minimum atomic E-state index is -5.04. The molecule has 0 aliphatic rings. The van der Waals surface area contributed by atoms with E-state index in [1.807, 2.05) is 13.8 Å². The van der Waals surface area contributed by atoms with Crippen molar-refractivity contribution in [1.29, 1.82) is 0 Å². The van der Waals surface area contributed by atoms with Gasteiger partial charge in [-0.05, 0) is 0 Å². The Morgan fingerprint density at radius 1 is 1.04 bits per heavy atom. The number of aromatic nitrogens is 3. The number of nitrogens with zero attached hydrogens (tertiary/aromatic N) is 3. The molecule has 0 saturated carbocycles. The summed E-state index contributed by atoms with van der Waals surface area (Å²) in [6.07, 6.45) is 0. The van der Waals surface area contributed by atoms with Crippen LogP contribution in [0, 0.1) is 0 Å². The predicted molar refractivity (Wildman–Crippen MR) is 97.4 cm³/mol. The Morgan fingerprint density at radius 3 is 2.04 bits per heavy atom. The van der Waals surface area contributed by atoms with E-state index in [0.29, 0.717) is 0 Å². The first kappa shape index (κ1) is 22.0. The van der Waals surface area contributed by atoms with Crippen LogP contribution in [0.2, 0.25) is 5.15 Å². The maximum Gasteiger partial charge on any atom is 0.448 e. The van der Waals surface area contributed by atoms with E-state index in [-0.39, 0.29) is 27.7 Å². The van der Waals surface area contributed by atoms with Crippen LogP contribution in [0.3, 0.4) is 0 Å². The molecule has 15 heteroatoms. The van der Waals surface area contributed by atoms with E-state index in [9.17, 15) is 16.8 Å². The summed E-state index contributed by atoms with van der Waals surface area (Å²) < 4.78 is 73.0. The van der Waals surface area contributed by atoms with Crippen molar-refractivity contribution in [1.82, 2.24) is 14.4 Å².